The zero-order valence-electron chi connectivity index (χ0n) is 19.1. The Morgan fingerprint density at radius 2 is 2.03 bits per heavy atom. The Labute approximate surface area is 208 Å². The zero-order chi connectivity index (χ0) is 24.9. The molecule has 2 aromatic rings. The van der Waals surface area contributed by atoms with Gasteiger partial charge < -0.3 is 15.8 Å². The Bertz CT molecular complexity index is 1150. The quantitative estimate of drug-likeness (QED) is 0.331. The molecule has 1 fully saturated rings. The van der Waals surface area contributed by atoms with Crippen molar-refractivity contribution in [3.8, 4) is 10.4 Å². The van der Waals surface area contributed by atoms with E-state index in [9.17, 15) is 18.0 Å². The second kappa shape index (κ2) is 11.5. The van der Waals surface area contributed by atoms with Gasteiger partial charge in [0.2, 0.25) is 0 Å². The molecule has 2 amide bonds. The lowest BCUT2D eigenvalue weighted by atomic mass is 10.1. The minimum Gasteiger partial charge on any atom is -0.461 e. The molecule has 186 valence electrons. The van der Waals surface area contributed by atoms with Crippen LogP contribution in [0.15, 0.2) is 23.1 Å². The Morgan fingerprint density at radius 3 is 2.71 bits per heavy atom. The molecule has 0 saturated heterocycles. The van der Waals surface area contributed by atoms with Crippen LogP contribution in [0.1, 0.15) is 44.2 Å². The van der Waals surface area contributed by atoms with E-state index in [1.807, 2.05) is 0 Å². The van der Waals surface area contributed by atoms with Crippen LogP contribution >= 0.6 is 22.9 Å². The van der Waals surface area contributed by atoms with Gasteiger partial charge in [0.25, 0.3) is 0 Å². The number of ether oxygens (including phenoxy) is 1. The van der Waals surface area contributed by atoms with Crippen LogP contribution in [0.4, 0.5) is 9.93 Å². The Balaban J connectivity index is 1.49. The van der Waals surface area contributed by atoms with E-state index in [1.165, 1.54) is 23.5 Å². The second-order valence-electron chi connectivity index (χ2n) is 8.32. The Kier molecular flexibility index (Phi) is 8.91. The number of hydrogen-bond donors (Lipinski definition) is 3. The first-order valence-corrected chi connectivity index (χ1v) is 14.1. The molecule has 0 aliphatic heterocycles. The summed E-state index contributed by atoms with van der Waals surface area (Å²) in [6.45, 7) is 2.11. The van der Waals surface area contributed by atoms with Crippen molar-refractivity contribution in [1.29, 1.82) is 0 Å². The fourth-order valence-electron chi connectivity index (χ4n) is 3.69. The number of rotatable bonds is 9. The summed E-state index contributed by atoms with van der Waals surface area (Å²) in [5.41, 5.74) is 7.19. The van der Waals surface area contributed by atoms with E-state index >= 15 is 0 Å². The summed E-state index contributed by atoms with van der Waals surface area (Å²) < 4.78 is 29.3. The first kappa shape index (κ1) is 26.4. The minimum atomic E-state index is -3.49. The summed E-state index contributed by atoms with van der Waals surface area (Å²) in [5.74, 6) is -0.386. The molecule has 1 aliphatic rings. The van der Waals surface area contributed by atoms with Crippen molar-refractivity contribution in [3.63, 3.8) is 0 Å². The molecule has 3 rings (SSSR count). The van der Waals surface area contributed by atoms with E-state index in [-0.39, 0.29) is 22.0 Å². The Hall–Kier alpha value is -2.21. The summed E-state index contributed by atoms with van der Waals surface area (Å²) >= 11 is 7.25. The average molecular weight is 529 g/mol. The Morgan fingerprint density at radius 1 is 1.32 bits per heavy atom. The van der Waals surface area contributed by atoms with Crippen molar-refractivity contribution in [1.82, 2.24) is 10.3 Å². The fraction of sp³-hybridized carbons (Fsp3) is 0.500. The summed E-state index contributed by atoms with van der Waals surface area (Å²) in [5, 5.41) is 5.92. The van der Waals surface area contributed by atoms with Crippen LogP contribution in [0.3, 0.4) is 0 Å². The monoisotopic (exact) mass is 528 g/mol. The predicted octanol–water partition coefficient (Wildman–Crippen LogP) is 3.89. The van der Waals surface area contributed by atoms with Crippen molar-refractivity contribution >= 4 is 49.9 Å². The molecule has 9 nitrogen and oxygen atoms in total. The maximum absolute atomic E-state index is 12.2. The lowest BCUT2D eigenvalue weighted by Gasteiger charge is -2.15. The molecule has 0 radical (unpaired) electrons. The number of carbonyl (C=O) groups is 2. The van der Waals surface area contributed by atoms with Crippen LogP contribution in [0.2, 0.25) is 5.02 Å². The molecule has 0 bridgehead atoms. The molecule has 0 unspecified atom stereocenters. The molecular formula is C22H29ClN4O5S2. The number of thiazole rings is 1. The number of aryl methyl sites for hydroxylation is 1. The van der Waals surface area contributed by atoms with E-state index < -0.39 is 21.9 Å². The number of aromatic nitrogens is 1. The van der Waals surface area contributed by atoms with Crippen LogP contribution in [0, 0.1) is 6.92 Å². The number of nitrogens with zero attached hydrogens (tertiary/aromatic N) is 1. The highest BCUT2D eigenvalue weighted by Crippen LogP contribution is 2.35. The average Bonchev–Trinajstić information content (AvgIpc) is 3.40. The molecular weight excluding hydrogens is 500 g/mol. The molecule has 4 N–H and O–H groups in total. The van der Waals surface area contributed by atoms with Crippen LogP contribution in [0.25, 0.3) is 10.4 Å². The molecule has 1 aromatic heterocycles. The van der Waals surface area contributed by atoms with Crippen LogP contribution in [-0.4, -0.2) is 50.3 Å². The number of hydrogen-bond acceptors (Lipinski definition) is 8. The zero-order valence-corrected chi connectivity index (χ0v) is 21.5. The summed E-state index contributed by atoms with van der Waals surface area (Å²) in [7, 11) is -3.49. The van der Waals surface area contributed by atoms with Gasteiger partial charge in [-0.25, -0.2) is 18.2 Å². The lowest BCUT2D eigenvalue weighted by molar-refractivity contribution is -0.150. The molecule has 1 aliphatic carbocycles. The minimum absolute atomic E-state index is 0.0140. The van der Waals surface area contributed by atoms with Gasteiger partial charge in [-0.1, -0.05) is 29.0 Å². The summed E-state index contributed by atoms with van der Waals surface area (Å²) in [6, 6.07) is 3.60. The standard InChI is InChI=1S/C22H29ClN4O5S2/c1-13-19(14-9-10-16(23)18(12-14)34(2,30)31)33-22(26-13)27-21(29)25-11-5-8-17(24)20(28)32-15-6-3-4-7-15/h9-10,12,15,17H,3-8,11,24H2,1-2H3,(H2,25,26,27,29)/t17-/m0/s1. The van der Waals surface area contributed by atoms with Crippen molar-refractivity contribution < 1.29 is 22.7 Å². The van der Waals surface area contributed by atoms with E-state index in [2.05, 4.69) is 15.6 Å². The second-order valence-corrected chi connectivity index (χ2v) is 11.7. The molecule has 1 saturated carbocycles. The largest absolute Gasteiger partial charge is 0.461 e. The highest BCUT2D eigenvalue weighted by Gasteiger charge is 2.23. The summed E-state index contributed by atoms with van der Waals surface area (Å²) in [4.78, 5) is 29.4. The van der Waals surface area contributed by atoms with E-state index in [4.69, 9.17) is 22.1 Å². The molecule has 1 atom stereocenters. The van der Waals surface area contributed by atoms with Crippen LogP contribution < -0.4 is 16.4 Å². The third-order valence-corrected chi connectivity index (χ3v) is 8.18. The van der Waals surface area contributed by atoms with E-state index in [1.54, 1.807) is 13.0 Å². The molecule has 0 spiro atoms. The SMILES string of the molecule is Cc1nc(NC(=O)NCCC[C@H](N)C(=O)OC2CCCC2)sc1-c1ccc(Cl)c(S(C)(=O)=O)c1. The van der Waals surface area contributed by atoms with Gasteiger partial charge in [0.05, 0.1) is 20.5 Å². The highest BCUT2D eigenvalue weighted by molar-refractivity contribution is 7.90. The molecule has 12 heteroatoms. The van der Waals surface area contributed by atoms with Crippen molar-refractivity contribution in [2.45, 2.75) is 62.5 Å². The smallest absolute Gasteiger partial charge is 0.323 e. The van der Waals surface area contributed by atoms with Crippen molar-refractivity contribution in [2.75, 3.05) is 18.1 Å². The number of nitrogens with two attached hydrogens (primary N) is 1. The number of carbonyl (C=O) groups excluding carboxylic acids is 2. The lowest BCUT2D eigenvalue weighted by Crippen LogP contribution is -2.36. The van der Waals surface area contributed by atoms with Crippen LogP contribution in [-0.2, 0) is 19.4 Å². The van der Waals surface area contributed by atoms with Gasteiger partial charge >= 0.3 is 12.0 Å². The topological polar surface area (TPSA) is 140 Å². The summed E-state index contributed by atoms with van der Waals surface area (Å²) in [6.07, 6.45) is 5.97. The third-order valence-electron chi connectivity index (χ3n) is 5.48. The fourth-order valence-corrected chi connectivity index (χ4v) is 5.95. The first-order valence-electron chi connectivity index (χ1n) is 11.0. The maximum atomic E-state index is 12.2. The number of sulfone groups is 1. The van der Waals surface area contributed by atoms with Gasteiger partial charge in [0, 0.05) is 12.8 Å². The number of amides is 2. The van der Waals surface area contributed by atoms with E-state index in [0.29, 0.717) is 35.8 Å². The van der Waals surface area contributed by atoms with Gasteiger partial charge in [-0.3, -0.25) is 10.1 Å². The van der Waals surface area contributed by atoms with Gasteiger partial charge in [-0.15, -0.1) is 0 Å². The third kappa shape index (κ3) is 7.14. The predicted molar refractivity (Wildman–Crippen MR) is 133 cm³/mol. The number of esters is 1. The van der Waals surface area contributed by atoms with Crippen LogP contribution in [0.5, 0.6) is 0 Å². The molecule has 1 heterocycles. The number of halogens is 1. The van der Waals surface area contributed by atoms with Crippen molar-refractivity contribution in [2.24, 2.45) is 5.73 Å². The number of urea groups is 1. The first-order chi connectivity index (χ1) is 16.0. The van der Waals surface area contributed by atoms with E-state index in [0.717, 1.165) is 36.8 Å². The highest BCUT2D eigenvalue weighted by atomic mass is 35.5. The maximum Gasteiger partial charge on any atom is 0.323 e. The van der Waals surface area contributed by atoms with Gasteiger partial charge in [-0.05, 0) is 63.1 Å². The molecule has 34 heavy (non-hydrogen) atoms. The van der Waals surface area contributed by atoms with Gasteiger partial charge in [0.15, 0.2) is 15.0 Å². The number of nitrogens with one attached hydrogen (secondary N) is 2. The van der Waals surface area contributed by atoms with Gasteiger partial charge in [0.1, 0.15) is 12.1 Å². The molecule has 1 aromatic carbocycles. The normalized spacial score (nSPS) is 15.2. The van der Waals surface area contributed by atoms with Crippen molar-refractivity contribution in [3.05, 3.63) is 28.9 Å². The number of benzene rings is 1. The van der Waals surface area contributed by atoms with Gasteiger partial charge in [-0.2, -0.15) is 0 Å². The number of anilines is 1.